The number of aromatic nitrogens is 2. The predicted octanol–water partition coefficient (Wildman–Crippen LogP) is 4.37. The number of ether oxygens (including phenoxy) is 2. The van der Waals surface area contributed by atoms with Gasteiger partial charge in [-0.15, -0.1) is 0 Å². The van der Waals surface area contributed by atoms with Crippen molar-refractivity contribution in [3.05, 3.63) is 77.9 Å². The first kappa shape index (κ1) is 23.3. The molecule has 0 radical (unpaired) electrons. The van der Waals surface area contributed by atoms with Crippen LogP contribution >= 0.6 is 0 Å². The van der Waals surface area contributed by atoms with Crippen molar-refractivity contribution in [1.82, 2.24) is 14.5 Å². The number of likely N-dealkylation sites (tertiary alicyclic amines) is 1. The zero-order chi connectivity index (χ0) is 23.1. The average molecular weight is 450 g/mol. The second-order valence-corrected chi connectivity index (χ2v) is 9.12. The molecule has 0 unspecified atom stereocenters. The SMILES string of the molecule is Cc1ccc(OC[C@@]2(O)CCCN(Cc3ccc(OCCn4ccnc4C)cc3)CC2)cc1. The Kier molecular flexibility index (Phi) is 7.68. The van der Waals surface area contributed by atoms with Gasteiger partial charge in [0.15, 0.2) is 0 Å². The number of aliphatic hydroxyl groups is 1. The molecule has 2 aromatic carbocycles. The predicted molar refractivity (Wildman–Crippen MR) is 130 cm³/mol. The van der Waals surface area contributed by atoms with Crippen LogP contribution in [0.5, 0.6) is 11.5 Å². The van der Waals surface area contributed by atoms with Crippen LogP contribution in [0.1, 0.15) is 36.2 Å². The van der Waals surface area contributed by atoms with Crippen molar-refractivity contribution in [2.24, 2.45) is 0 Å². The van der Waals surface area contributed by atoms with E-state index in [4.69, 9.17) is 9.47 Å². The summed E-state index contributed by atoms with van der Waals surface area (Å²) in [5.74, 6) is 2.70. The molecule has 3 aromatic rings. The summed E-state index contributed by atoms with van der Waals surface area (Å²) in [4.78, 5) is 6.65. The number of benzene rings is 2. The lowest BCUT2D eigenvalue weighted by Gasteiger charge is -2.27. The quantitative estimate of drug-likeness (QED) is 0.526. The smallest absolute Gasteiger partial charge is 0.119 e. The summed E-state index contributed by atoms with van der Waals surface area (Å²) in [6.45, 7) is 8.52. The molecular weight excluding hydrogens is 414 g/mol. The zero-order valence-corrected chi connectivity index (χ0v) is 19.7. The fraction of sp³-hybridized carbons (Fsp3) is 0.444. The number of rotatable bonds is 9. The highest BCUT2D eigenvalue weighted by Crippen LogP contribution is 2.25. The van der Waals surface area contributed by atoms with Crippen LogP contribution in [0.3, 0.4) is 0 Å². The minimum absolute atomic E-state index is 0.342. The molecular formula is C27H35N3O3. The van der Waals surface area contributed by atoms with Gasteiger partial charge in [-0.25, -0.2) is 4.98 Å². The van der Waals surface area contributed by atoms with Crippen LogP contribution in [0.2, 0.25) is 0 Å². The summed E-state index contributed by atoms with van der Waals surface area (Å²) >= 11 is 0. The summed E-state index contributed by atoms with van der Waals surface area (Å²) in [5, 5.41) is 11.1. The fourth-order valence-electron chi connectivity index (χ4n) is 4.24. The Balaban J connectivity index is 1.22. The van der Waals surface area contributed by atoms with Crippen LogP contribution in [0.25, 0.3) is 0 Å². The average Bonchev–Trinajstić information content (AvgIpc) is 3.13. The van der Waals surface area contributed by atoms with Gasteiger partial charge in [0, 0.05) is 25.5 Å². The first-order valence-electron chi connectivity index (χ1n) is 11.8. The van der Waals surface area contributed by atoms with Crippen LogP contribution in [-0.4, -0.2) is 51.5 Å². The van der Waals surface area contributed by atoms with Crippen LogP contribution in [0.4, 0.5) is 0 Å². The van der Waals surface area contributed by atoms with Gasteiger partial charge in [0.25, 0.3) is 0 Å². The lowest BCUT2D eigenvalue weighted by Crippen LogP contribution is -2.37. The topological polar surface area (TPSA) is 59.8 Å². The van der Waals surface area contributed by atoms with Gasteiger partial charge in [0.1, 0.15) is 30.5 Å². The van der Waals surface area contributed by atoms with Gasteiger partial charge in [-0.3, -0.25) is 4.90 Å². The molecule has 0 spiro atoms. The summed E-state index contributed by atoms with van der Waals surface area (Å²) in [7, 11) is 0. The Morgan fingerprint density at radius 2 is 1.67 bits per heavy atom. The van der Waals surface area contributed by atoms with Gasteiger partial charge < -0.3 is 19.1 Å². The molecule has 1 saturated heterocycles. The highest BCUT2D eigenvalue weighted by atomic mass is 16.5. The van der Waals surface area contributed by atoms with Crippen molar-refractivity contribution >= 4 is 0 Å². The molecule has 1 atom stereocenters. The van der Waals surface area contributed by atoms with Crippen LogP contribution in [0, 0.1) is 13.8 Å². The van der Waals surface area contributed by atoms with Gasteiger partial charge >= 0.3 is 0 Å². The van der Waals surface area contributed by atoms with E-state index in [1.165, 1.54) is 11.1 Å². The second-order valence-electron chi connectivity index (χ2n) is 9.12. The Morgan fingerprint density at radius 1 is 0.939 bits per heavy atom. The molecule has 1 aliphatic rings. The van der Waals surface area contributed by atoms with E-state index >= 15 is 0 Å². The Hall–Kier alpha value is -2.83. The van der Waals surface area contributed by atoms with E-state index < -0.39 is 5.60 Å². The molecule has 6 nitrogen and oxygen atoms in total. The Labute approximate surface area is 196 Å². The lowest BCUT2D eigenvalue weighted by atomic mass is 9.96. The minimum atomic E-state index is -0.773. The summed E-state index contributed by atoms with van der Waals surface area (Å²) in [5.41, 5.74) is 1.69. The molecule has 0 bridgehead atoms. The molecule has 1 N–H and O–H groups in total. The van der Waals surface area contributed by atoms with Gasteiger partial charge in [-0.1, -0.05) is 29.8 Å². The van der Waals surface area contributed by atoms with Gasteiger partial charge in [-0.2, -0.15) is 0 Å². The van der Waals surface area contributed by atoms with Crippen molar-refractivity contribution < 1.29 is 14.6 Å². The third kappa shape index (κ3) is 6.83. The first-order chi connectivity index (χ1) is 16.0. The molecule has 1 aromatic heterocycles. The Morgan fingerprint density at radius 3 is 2.39 bits per heavy atom. The number of aryl methyl sites for hydroxylation is 2. The van der Waals surface area contributed by atoms with Gasteiger partial charge in [0.05, 0.1) is 12.1 Å². The van der Waals surface area contributed by atoms with Crippen LogP contribution in [-0.2, 0) is 13.1 Å². The normalized spacial score (nSPS) is 19.2. The maximum Gasteiger partial charge on any atom is 0.119 e. The standard InChI is InChI=1S/C27H35N3O3/c1-22-4-8-26(9-5-22)33-21-27(31)12-3-15-29(16-13-27)20-24-6-10-25(11-7-24)32-19-18-30-17-14-28-23(30)2/h4-11,14,17,31H,3,12-13,15-16,18-21H2,1-2H3/t27-/m1/s1. The van der Waals surface area contributed by atoms with Crippen molar-refractivity contribution in [3.8, 4) is 11.5 Å². The molecule has 176 valence electrons. The molecule has 1 aliphatic heterocycles. The number of imidazole rings is 1. The van der Waals surface area contributed by atoms with E-state index in [-0.39, 0.29) is 0 Å². The molecule has 1 fully saturated rings. The number of nitrogens with zero attached hydrogens (tertiary/aromatic N) is 3. The molecule has 33 heavy (non-hydrogen) atoms. The highest BCUT2D eigenvalue weighted by Gasteiger charge is 2.31. The number of hydrogen-bond donors (Lipinski definition) is 1. The van der Waals surface area contributed by atoms with Crippen molar-refractivity contribution in [2.45, 2.75) is 51.8 Å². The zero-order valence-electron chi connectivity index (χ0n) is 19.7. The lowest BCUT2D eigenvalue weighted by molar-refractivity contribution is -0.0168. The molecule has 2 heterocycles. The first-order valence-corrected chi connectivity index (χ1v) is 11.8. The highest BCUT2D eigenvalue weighted by molar-refractivity contribution is 5.27. The fourth-order valence-corrected chi connectivity index (χ4v) is 4.24. The maximum atomic E-state index is 11.1. The van der Waals surface area contributed by atoms with E-state index in [1.54, 1.807) is 0 Å². The Bertz CT molecular complexity index is 1000. The van der Waals surface area contributed by atoms with E-state index in [0.717, 1.165) is 56.3 Å². The molecule has 0 amide bonds. The van der Waals surface area contributed by atoms with E-state index in [9.17, 15) is 5.11 Å². The van der Waals surface area contributed by atoms with Crippen LogP contribution in [0.15, 0.2) is 60.9 Å². The minimum Gasteiger partial charge on any atom is -0.492 e. The van der Waals surface area contributed by atoms with Crippen LogP contribution < -0.4 is 9.47 Å². The third-order valence-electron chi connectivity index (χ3n) is 6.39. The second kappa shape index (κ2) is 10.9. The van der Waals surface area contributed by atoms with Crippen molar-refractivity contribution in [2.75, 3.05) is 26.3 Å². The molecule has 6 heteroatoms. The molecule has 0 saturated carbocycles. The maximum absolute atomic E-state index is 11.1. The third-order valence-corrected chi connectivity index (χ3v) is 6.39. The monoisotopic (exact) mass is 449 g/mol. The largest absolute Gasteiger partial charge is 0.492 e. The molecule has 0 aliphatic carbocycles. The van der Waals surface area contributed by atoms with E-state index in [0.29, 0.717) is 19.6 Å². The van der Waals surface area contributed by atoms with Crippen molar-refractivity contribution in [3.63, 3.8) is 0 Å². The van der Waals surface area contributed by atoms with Gasteiger partial charge in [0.2, 0.25) is 0 Å². The van der Waals surface area contributed by atoms with E-state index in [1.807, 2.05) is 55.7 Å². The van der Waals surface area contributed by atoms with Crippen molar-refractivity contribution in [1.29, 1.82) is 0 Å². The molecule has 4 rings (SSSR count). The van der Waals surface area contributed by atoms with Gasteiger partial charge in [-0.05, 0) is 69.5 Å². The summed E-state index contributed by atoms with van der Waals surface area (Å²) in [6, 6.07) is 16.3. The summed E-state index contributed by atoms with van der Waals surface area (Å²) in [6.07, 6.45) is 6.22. The van der Waals surface area contributed by atoms with E-state index in [2.05, 4.69) is 33.5 Å². The summed E-state index contributed by atoms with van der Waals surface area (Å²) < 4.78 is 13.9. The number of hydrogen-bond acceptors (Lipinski definition) is 5.